The van der Waals surface area contributed by atoms with E-state index in [1.807, 2.05) is 20.8 Å². The van der Waals surface area contributed by atoms with Crippen LogP contribution in [0, 0.1) is 0 Å². The molecule has 0 atom stereocenters. The second-order valence-corrected chi connectivity index (χ2v) is 2.13. The molecule has 0 radical (unpaired) electrons. The van der Waals surface area contributed by atoms with Crippen LogP contribution in [-0.4, -0.2) is 6.29 Å². The zero-order chi connectivity index (χ0) is 7.28. The Morgan fingerprint density at radius 3 is 2.10 bits per heavy atom. The summed E-state index contributed by atoms with van der Waals surface area (Å²) in [5.74, 6) is 0. The van der Waals surface area contributed by atoms with E-state index >= 15 is 0 Å². The topological polar surface area (TPSA) is 17.1 Å². The van der Waals surface area contributed by atoms with Gasteiger partial charge in [-0.3, -0.25) is 0 Å². The molecule has 0 N–H and O–H groups in total. The van der Waals surface area contributed by atoms with Gasteiger partial charge in [0.15, 0.2) is 0 Å². The number of carbonyl (C=O) groups excluding carboxylic acids is 1. The number of hydrogen-bond donors (Lipinski definition) is 0. The second kappa shape index (κ2) is 6.95. The van der Waals surface area contributed by atoms with Crippen molar-refractivity contribution in [2.45, 2.75) is 20.8 Å². The largest absolute Gasteiger partial charge is 0.419 e. The summed E-state index contributed by atoms with van der Waals surface area (Å²) in [6.45, 7) is 5.97. The quantitative estimate of drug-likeness (QED) is 0.433. The molecule has 0 unspecified atom stereocenters. The Morgan fingerprint density at radius 2 is 1.80 bits per heavy atom. The molecule has 0 aliphatic carbocycles. The average molecular weight is 307 g/mol. The first kappa shape index (κ1) is 12.5. The molecule has 10 heavy (non-hydrogen) atoms. The van der Waals surface area contributed by atoms with Crippen LogP contribution in [0.15, 0.2) is 23.3 Å². The third-order valence-electron chi connectivity index (χ3n) is 1.19. The predicted octanol–water partition coefficient (Wildman–Crippen LogP) is 2.01. The van der Waals surface area contributed by atoms with Crippen molar-refractivity contribution in [1.29, 1.82) is 0 Å². The first-order chi connectivity index (χ1) is 4.18. The molecular weight excluding hydrogens is 296 g/mol. The molecular formula is C8H11OW-. The molecule has 0 aliphatic rings. The molecule has 2 heteroatoms. The van der Waals surface area contributed by atoms with Crippen LogP contribution in [0.3, 0.4) is 0 Å². The fraction of sp³-hybridized carbons (Fsp3) is 0.375. The van der Waals surface area contributed by atoms with Gasteiger partial charge < -0.3 is 4.79 Å². The summed E-state index contributed by atoms with van der Waals surface area (Å²) in [7, 11) is 0. The Morgan fingerprint density at radius 1 is 1.30 bits per heavy atom. The van der Waals surface area contributed by atoms with Crippen molar-refractivity contribution in [3.63, 3.8) is 0 Å². The summed E-state index contributed by atoms with van der Waals surface area (Å²) < 4.78 is 0. The van der Waals surface area contributed by atoms with E-state index in [0.29, 0.717) is 0 Å². The van der Waals surface area contributed by atoms with Crippen LogP contribution in [-0.2, 0) is 25.9 Å². The standard InChI is InChI=1S/C8H11O.W/c1-7(2)8(3)5-4-6-9;/h4-5H,1-3H3;/q-1;/b5-4+;. The zero-order valence-electron chi connectivity index (χ0n) is 6.47. The monoisotopic (exact) mass is 307 g/mol. The van der Waals surface area contributed by atoms with Gasteiger partial charge in [-0.15, -0.1) is 5.57 Å². The van der Waals surface area contributed by atoms with Crippen LogP contribution in [0.1, 0.15) is 20.8 Å². The maximum absolute atomic E-state index is 9.70. The first-order valence-electron chi connectivity index (χ1n) is 2.86. The summed E-state index contributed by atoms with van der Waals surface area (Å²) in [6.07, 6.45) is 4.82. The van der Waals surface area contributed by atoms with Crippen LogP contribution >= 0.6 is 0 Å². The molecule has 0 saturated heterocycles. The van der Waals surface area contributed by atoms with E-state index in [1.165, 1.54) is 11.6 Å². The smallest absolute Gasteiger partial charge is 0 e. The van der Waals surface area contributed by atoms with Gasteiger partial charge in [0.1, 0.15) is 0 Å². The third kappa shape index (κ3) is 5.97. The van der Waals surface area contributed by atoms with E-state index < -0.39 is 0 Å². The van der Waals surface area contributed by atoms with E-state index in [4.69, 9.17) is 0 Å². The van der Waals surface area contributed by atoms with Gasteiger partial charge in [-0.1, -0.05) is 12.5 Å². The maximum atomic E-state index is 9.70. The molecule has 0 aliphatic heterocycles. The molecule has 0 aromatic heterocycles. The van der Waals surface area contributed by atoms with Crippen molar-refractivity contribution in [3.05, 3.63) is 23.3 Å². The third-order valence-corrected chi connectivity index (χ3v) is 1.19. The van der Waals surface area contributed by atoms with Gasteiger partial charge >= 0.3 is 0 Å². The molecule has 0 aromatic rings. The minimum atomic E-state index is 0. The normalized spacial score (nSPS) is 8.70. The SMILES string of the molecule is CC(C)=C(C)/C=C/[C-]=O.[W]. The average Bonchev–Trinajstić information content (AvgIpc) is 1.82. The summed E-state index contributed by atoms with van der Waals surface area (Å²) in [4.78, 5) is 9.70. The van der Waals surface area contributed by atoms with Gasteiger partial charge in [-0.05, 0) is 20.1 Å². The van der Waals surface area contributed by atoms with E-state index in [2.05, 4.69) is 0 Å². The number of allylic oxidation sites excluding steroid dienone is 4. The Labute approximate surface area is 76.5 Å². The summed E-state index contributed by atoms with van der Waals surface area (Å²) in [5, 5.41) is 0. The summed E-state index contributed by atoms with van der Waals surface area (Å²) in [5.41, 5.74) is 2.35. The Hall–Kier alpha value is -0.162. The predicted molar refractivity (Wildman–Crippen MR) is 38.9 cm³/mol. The zero-order valence-corrected chi connectivity index (χ0v) is 9.40. The fourth-order valence-corrected chi connectivity index (χ4v) is 0.326. The number of rotatable bonds is 2. The van der Waals surface area contributed by atoms with Gasteiger partial charge in [0, 0.05) is 21.1 Å². The fourth-order valence-electron chi connectivity index (χ4n) is 0.326. The van der Waals surface area contributed by atoms with Crippen molar-refractivity contribution in [3.8, 4) is 0 Å². The molecule has 0 amide bonds. The van der Waals surface area contributed by atoms with Gasteiger partial charge in [-0.25, -0.2) is 6.08 Å². The van der Waals surface area contributed by atoms with Gasteiger partial charge in [0.05, 0.1) is 0 Å². The molecule has 0 fully saturated rings. The van der Waals surface area contributed by atoms with E-state index in [1.54, 1.807) is 12.4 Å². The molecule has 0 heterocycles. The first-order valence-corrected chi connectivity index (χ1v) is 2.86. The van der Waals surface area contributed by atoms with Crippen molar-refractivity contribution in [2.24, 2.45) is 0 Å². The van der Waals surface area contributed by atoms with Crippen LogP contribution in [0.5, 0.6) is 0 Å². The van der Waals surface area contributed by atoms with Gasteiger partial charge in [-0.2, -0.15) is 6.08 Å². The van der Waals surface area contributed by atoms with E-state index in [-0.39, 0.29) is 21.1 Å². The molecule has 0 aromatic carbocycles. The minimum Gasteiger partial charge on any atom is -0.419 e. The Kier molecular flexibility index (Phi) is 8.70. The Bertz CT molecular complexity index is 153. The van der Waals surface area contributed by atoms with Crippen LogP contribution in [0.25, 0.3) is 0 Å². The van der Waals surface area contributed by atoms with Gasteiger partial charge in [0.25, 0.3) is 0 Å². The molecule has 0 rings (SSSR count). The summed E-state index contributed by atoms with van der Waals surface area (Å²) in [6, 6.07) is 0. The number of hydrogen-bond acceptors (Lipinski definition) is 1. The molecule has 56 valence electrons. The Balaban J connectivity index is 0. The minimum absolute atomic E-state index is 0. The maximum Gasteiger partial charge on any atom is 0 e. The van der Waals surface area contributed by atoms with Gasteiger partial charge in [0.2, 0.25) is 0 Å². The summed E-state index contributed by atoms with van der Waals surface area (Å²) >= 11 is 0. The molecule has 0 bridgehead atoms. The van der Waals surface area contributed by atoms with Crippen molar-refractivity contribution >= 4 is 6.29 Å². The van der Waals surface area contributed by atoms with Crippen molar-refractivity contribution in [2.75, 3.05) is 0 Å². The van der Waals surface area contributed by atoms with E-state index in [9.17, 15) is 4.79 Å². The van der Waals surface area contributed by atoms with Crippen molar-refractivity contribution in [1.82, 2.24) is 0 Å². The van der Waals surface area contributed by atoms with Crippen molar-refractivity contribution < 1.29 is 25.9 Å². The van der Waals surface area contributed by atoms with Crippen LogP contribution < -0.4 is 0 Å². The van der Waals surface area contributed by atoms with Crippen LogP contribution in [0.4, 0.5) is 0 Å². The molecule has 0 saturated carbocycles. The molecule has 0 spiro atoms. The second-order valence-electron chi connectivity index (χ2n) is 2.13. The van der Waals surface area contributed by atoms with Crippen LogP contribution in [0.2, 0.25) is 0 Å². The molecule has 1 nitrogen and oxygen atoms in total. The van der Waals surface area contributed by atoms with E-state index in [0.717, 1.165) is 5.57 Å².